The van der Waals surface area contributed by atoms with Gasteiger partial charge in [-0.3, -0.25) is 9.69 Å². The highest BCUT2D eigenvalue weighted by molar-refractivity contribution is 5.95. The molecule has 2 aromatic carbocycles. The first-order valence-corrected chi connectivity index (χ1v) is 7.80. The maximum absolute atomic E-state index is 12.4. The number of anilines is 1. The Labute approximate surface area is 142 Å². The number of hydrogen-bond acceptors (Lipinski definition) is 4. The SMILES string of the molecule is C[C@@H](C(=O)Nc1ccccc1C#N)N(C)CCOc1ccccc1. The van der Waals surface area contributed by atoms with Gasteiger partial charge >= 0.3 is 0 Å². The molecule has 0 fully saturated rings. The van der Waals surface area contributed by atoms with E-state index in [-0.39, 0.29) is 11.9 Å². The topological polar surface area (TPSA) is 65.4 Å². The van der Waals surface area contributed by atoms with E-state index in [1.807, 2.05) is 49.2 Å². The molecule has 0 saturated carbocycles. The van der Waals surface area contributed by atoms with Crippen molar-refractivity contribution in [1.82, 2.24) is 4.90 Å². The minimum atomic E-state index is -0.337. The van der Waals surface area contributed by atoms with Crippen molar-refractivity contribution in [2.45, 2.75) is 13.0 Å². The van der Waals surface area contributed by atoms with E-state index in [0.29, 0.717) is 24.4 Å². The highest BCUT2D eigenvalue weighted by Crippen LogP contribution is 2.14. The summed E-state index contributed by atoms with van der Waals surface area (Å²) in [6, 6.07) is 18.3. The number of likely N-dealkylation sites (N-methyl/N-ethyl adjacent to an activating group) is 1. The lowest BCUT2D eigenvalue weighted by molar-refractivity contribution is -0.120. The van der Waals surface area contributed by atoms with E-state index in [4.69, 9.17) is 10.00 Å². The van der Waals surface area contributed by atoms with E-state index >= 15 is 0 Å². The van der Waals surface area contributed by atoms with Gasteiger partial charge in [-0.15, -0.1) is 0 Å². The van der Waals surface area contributed by atoms with Crippen molar-refractivity contribution in [3.63, 3.8) is 0 Å². The van der Waals surface area contributed by atoms with Crippen LogP contribution in [0.5, 0.6) is 5.75 Å². The summed E-state index contributed by atoms with van der Waals surface area (Å²) in [7, 11) is 1.87. The maximum atomic E-state index is 12.4. The number of nitrogens with one attached hydrogen (secondary N) is 1. The number of carbonyl (C=O) groups is 1. The van der Waals surface area contributed by atoms with E-state index in [0.717, 1.165) is 5.75 Å². The van der Waals surface area contributed by atoms with Crippen molar-refractivity contribution in [3.8, 4) is 11.8 Å². The number of amides is 1. The fourth-order valence-corrected chi connectivity index (χ4v) is 2.14. The molecule has 0 spiro atoms. The van der Waals surface area contributed by atoms with Crippen LogP contribution in [0.2, 0.25) is 0 Å². The average Bonchev–Trinajstić information content (AvgIpc) is 2.62. The number of hydrogen-bond donors (Lipinski definition) is 1. The summed E-state index contributed by atoms with van der Waals surface area (Å²) in [5.74, 6) is 0.658. The van der Waals surface area contributed by atoms with Crippen LogP contribution in [-0.2, 0) is 4.79 Å². The monoisotopic (exact) mass is 323 g/mol. The summed E-state index contributed by atoms with van der Waals surface area (Å²) in [6.45, 7) is 2.93. The van der Waals surface area contributed by atoms with Gasteiger partial charge in [-0.2, -0.15) is 5.26 Å². The van der Waals surface area contributed by atoms with E-state index in [1.54, 1.807) is 24.3 Å². The first kappa shape index (κ1) is 17.5. The van der Waals surface area contributed by atoms with Crippen molar-refractivity contribution in [3.05, 3.63) is 60.2 Å². The van der Waals surface area contributed by atoms with Crippen molar-refractivity contribution in [1.29, 1.82) is 5.26 Å². The Morgan fingerprint density at radius 2 is 1.88 bits per heavy atom. The van der Waals surface area contributed by atoms with Gasteiger partial charge in [-0.05, 0) is 38.2 Å². The zero-order valence-corrected chi connectivity index (χ0v) is 13.9. The predicted octanol–water partition coefficient (Wildman–Crippen LogP) is 2.90. The fraction of sp³-hybridized carbons (Fsp3) is 0.263. The van der Waals surface area contributed by atoms with Crippen LogP contribution in [0.1, 0.15) is 12.5 Å². The Bertz CT molecular complexity index is 710. The van der Waals surface area contributed by atoms with E-state index in [9.17, 15) is 4.79 Å². The third kappa shape index (κ3) is 4.83. The highest BCUT2D eigenvalue weighted by Gasteiger charge is 2.18. The zero-order valence-electron chi connectivity index (χ0n) is 13.9. The number of nitrogens with zero attached hydrogens (tertiary/aromatic N) is 2. The number of carbonyl (C=O) groups excluding carboxylic acids is 1. The molecule has 1 N–H and O–H groups in total. The quantitative estimate of drug-likeness (QED) is 0.851. The van der Waals surface area contributed by atoms with Crippen LogP contribution < -0.4 is 10.1 Å². The molecule has 2 aromatic rings. The number of nitriles is 1. The molecule has 0 aliphatic rings. The molecular weight excluding hydrogens is 302 g/mol. The van der Waals surface area contributed by atoms with Gasteiger partial charge in [0.1, 0.15) is 18.4 Å². The van der Waals surface area contributed by atoms with Crippen molar-refractivity contribution in [2.75, 3.05) is 25.5 Å². The molecule has 124 valence electrons. The van der Waals surface area contributed by atoms with Crippen LogP contribution in [-0.4, -0.2) is 37.0 Å². The molecule has 0 aliphatic heterocycles. The largest absolute Gasteiger partial charge is 0.492 e. The first-order chi connectivity index (χ1) is 11.6. The molecule has 5 nitrogen and oxygen atoms in total. The lowest BCUT2D eigenvalue weighted by Crippen LogP contribution is -2.41. The fourth-order valence-electron chi connectivity index (χ4n) is 2.14. The molecule has 0 unspecified atom stereocenters. The Kier molecular flexibility index (Phi) is 6.35. The lowest BCUT2D eigenvalue weighted by atomic mass is 10.2. The van der Waals surface area contributed by atoms with E-state index < -0.39 is 0 Å². The van der Waals surface area contributed by atoms with Crippen LogP contribution in [0.25, 0.3) is 0 Å². The Morgan fingerprint density at radius 3 is 2.58 bits per heavy atom. The summed E-state index contributed by atoms with van der Waals surface area (Å²) in [4.78, 5) is 14.3. The van der Waals surface area contributed by atoms with Gasteiger partial charge in [0, 0.05) is 6.54 Å². The van der Waals surface area contributed by atoms with E-state index in [2.05, 4.69) is 11.4 Å². The number of ether oxygens (including phenoxy) is 1. The van der Waals surface area contributed by atoms with Crippen molar-refractivity contribution < 1.29 is 9.53 Å². The van der Waals surface area contributed by atoms with Crippen LogP contribution in [0.15, 0.2) is 54.6 Å². The molecular formula is C19H21N3O2. The minimum absolute atomic E-state index is 0.153. The van der Waals surface area contributed by atoms with Crippen molar-refractivity contribution in [2.24, 2.45) is 0 Å². The molecule has 0 aromatic heterocycles. The molecule has 0 radical (unpaired) electrons. The molecule has 1 atom stereocenters. The Balaban J connectivity index is 1.84. The van der Waals surface area contributed by atoms with Crippen LogP contribution in [0.3, 0.4) is 0 Å². The summed E-state index contributed by atoms with van der Waals surface area (Å²) < 4.78 is 5.64. The van der Waals surface area contributed by atoms with Gasteiger partial charge in [0.05, 0.1) is 17.3 Å². The number of benzene rings is 2. The smallest absolute Gasteiger partial charge is 0.241 e. The number of para-hydroxylation sites is 2. The van der Waals surface area contributed by atoms with Gasteiger partial charge < -0.3 is 10.1 Å². The highest BCUT2D eigenvalue weighted by atomic mass is 16.5. The summed E-state index contributed by atoms with van der Waals surface area (Å²) in [5, 5.41) is 11.9. The van der Waals surface area contributed by atoms with Crippen LogP contribution in [0.4, 0.5) is 5.69 Å². The predicted molar refractivity (Wildman–Crippen MR) is 93.8 cm³/mol. The standard InChI is InChI=1S/C19H21N3O2/c1-15(19(23)21-18-11-7-6-8-16(18)14-20)22(2)12-13-24-17-9-4-3-5-10-17/h3-11,15H,12-13H2,1-2H3,(H,21,23)/t15-/m0/s1. The first-order valence-electron chi connectivity index (χ1n) is 7.80. The second kappa shape index (κ2) is 8.70. The minimum Gasteiger partial charge on any atom is -0.492 e. The third-order valence-corrected chi connectivity index (χ3v) is 3.80. The van der Waals surface area contributed by atoms with E-state index in [1.165, 1.54) is 0 Å². The van der Waals surface area contributed by atoms with Crippen LogP contribution >= 0.6 is 0 Å². The van der Waals surface area contributed by atoms with Gasteiger partial charge in [0.2, 0.25) is 5.91 Å². The van der Waals surface area contributed by atoms with Crippen LogP contribution in [0, 0.1) is 11.3 Å². The second-order valence-electron chi connectivity index (χ2n) is 5.46. The third-order valence-electron chi connectivity index (χ3n) is 3.80. The normalized spacial score (nSPS) is 11.6. The van der Waals surface area contributed by atoms with Gasteiger partial charge in [-0.1, -0.05) is 30.3 Å². The summed E-state index contributed by atoms with van der Waals surface area (Å²) in [6.07, 6.45) is 0. The Hall–Kier alpha value is -2.84. The maximum Gasteiger partial charge on any atom is 0.241 e. The summed E-state index contributed by atoms with van der Waals surface area (Å²) in [5.41, 5.74) is 0.985. The van der Waals surface area contributed by atoms with Gasteiger partial charge in [-0.25, -0.2) is 0 Å². The average molecular weight is 323 g/mol. The molecule has 0 heterocycles. The summed E-state index contributed by atoms with van der Waals surface area (Å²) >= 11 is 0. The molecule has 24 heavy (non-hydrogen) atoms. The molecule has 1 amide bonds. The Morgan fingerprint density at radius 1 is 1.21 bits per heavy atom. The number of rotatable bonds is 7. The van der Waals surface area contributed by atoms with Gasteiger partial charge in [0.15, 0.2) is 0 Å². The van der Waals surface area contributed by atoms with Gasteiger partial charge in [0.25, 0.3) is 0 Å². The van der Waals surface area contributed by atoms with Crippen molar-refractivity contribution >= 4 is 11.6 Å². The molecule has 0 aliphatic carbocycles. The second-order valence-corrected chi connectivity index (χ2v) is 5.46. The molecule has 0 saturated heterocycles. The molecule has 2 rings (SSSR count). The lowest BCUT2D eigenvalue weighted by Gasteiger charge is -2.24. The molecule has 0 bridgehead atoms. The zero-order chi connectivity index (χ0) is 17.4. The molecule has 5 heteroatoms.